The Morgan fingerprint density at radius 3 is 2.60 bits per heavy atom. The van der Waals surface area contributed by atoms with Crippen LogP contribution in [-0.4, -0.2) is 25.3 Å². The molecule has 0 aliphatic heterocycles. The van der Waals surface area contributed by atoms with Gasteiger partial charge in [0.2, 0.25) is 0 Å². The summed E-state index contributed by atoms with van der Waals surface area (Å²) in [5.74, 6) is -0.0224. The maximum Gasteiger partial charge on any atom is 0.189 e. The van der Waals surface area contributed by atoms with Crippen molar-refractivity contribution in [2.24, 2.45) is 0 Å². The second kappa shape index (κ2) is 5.86. The van der Waals surface area contributed by atoms with Gasteiger partial charge in [0.15, 0.2) is 5.78 Å². The van der Waals surface area contributed by atoms with Crippen LogP contribution in [0.4, 0.5) is 0 Å². The van der Waals surface area contributed by atoms with E-state index in [0.29, 0.717) is 5.56 Å². The van der Waals surface area contributed by atoms with Gasteiger partial charge in [-0.15, -0.1) is 0 Å². The van der Waals surface area contributed by atoms with Crippen LogP contribution in [0.2, 0.25) is 0 Å². The van der Waals surface area contributed by atoms with E-state index in [0.717, 1.165) is 30.0 Å². The highest BCUT2D eigenvalue weighted by molar-refractivity contribution is 6.07. The molecule has 0 bridgehead atoms. The van der Waals surface area contributed by atoms with E-state index in [-0.39, 0.29) is 5.78 Å². The van der Waals surface area contributed by atoms with Crippen molar-refractivity contribution in [2.45, 2.75) is 40.8 Å². The number of rotatable bonds is 5. The lowest BCUT2D eigenvalue weighted by atomic mass is 10.1. The number of carbonyl (C=O) groups is 1. The van der Waals surface area contributed by atoms with Crippen molar-refractivity contribution >= 4 is 11.9 Å². The van der Waals surface area contributed by atoms with Crippen molar-refractivity contribution in [1.29, 1.82) is 0 Å². The highest BCUT2D eigenvalue weighted by Crippen LogP contribution is 2.12. The van der Waals surface area contributed by atoms with Crippen LogP contribution in [0.15, 0.2) is 18.5 Å². The lowest BCUT2D eigenvalue weighted by molar-refractivity contribution is 0.104. The summed E-state index contributed by atoms with van der Waals surface area (Å²) in [5.41, 5.74) is 3.46. The summed E-state index contributed by atoms with van der Waals surface area (Å²) in [5, 5.41) is 8.54. The van der Waals surface area contributed by atoms with Gasteiger partial charge in [-0.2, -0.15) is 10.2 Å². The molecule has 2 aromatic rings. The molecular weight excluding hydrogens is 252 g/mol. The van der Waals surface area contributed by atoms with Crippen molar-refractivity contribution in [3.8, 4) is 0 Å². The number of hydrogen-bond donors (Lipinski definition) is 0. The van der Waals surface area contributed by atoms with Crippen LogP contribution in [0.25, 0.3) is 6.08 Å². The zero-order chi connectivity index (χ0) is 14.7. The number of ketones is 1. The molecule has 5 heteroatoms. The summed E-state index contributed by atoms with van der Waals surface area (Å²) in [7, 11) is 0. The van der Waals surface area contributed by atoms with Crippen LogP contribution >= 0.6 is 0 Å². The first-order valence-corrected chi connectivity index (χ1v) is 6.85. The number of carbonyl (C=O) groups excluding carboxylic acids is 1. The van der Waals surface area contributed by atoms with E-state index in [9.17, 15) is 4.79 Å². The Labute approximate surface area is 118 Å². The minimum atomic E-state index is -0.0224. The second-order valence-electron chi connectivity index (χ2n) is 4.68. The van der Waals surface area contributed by atoms with Crippen molar-refractivity contribution in [1.82, 2.24) is 19.6 Å². The largest absolute Gasteiger partial charge is 0.289 e. The number of hydrogen-bond acceptors (Lipinski definition) is 3. The molecule has 0 unspecified atom stereocenters. The zero-order valence-corrected chi connectivity index (χ0v) is 12.4. The molecule has 0 spiro atoms. The molecule has 5 nitrogen and oxygen atoms in total. The molecule has 2 heterocycles. The van der Waals surface area contributed by atoms with Crippen LogP contribution < -0.4 is 0 Å². The average Bonchev–Trinajstić information content (AvgIpc) is 2.99. The molecular formula is C15H20N4O. The first kappa shape index (κ1) is 14.2. The van der Waals surface area contributed by atoms with Crippen LogP contribution in [0.1, 0.15) is 41.2 Å². The third kappa shape index (κ3) is 2.71. The maximum absolute atomic E-state index is 12.2. The first-order chi connectivity index (χ1) is 9.56. The van der Waals surface area contributed by atoms with Gasteiger partial charge in [0.25, 0.3) is 0 Å². The predicted molar refractivity (Wildman–Crippen MR) is 78.6 cm³/mol. The molecule has 0 saturated heterocycles. The summed E-state index contributed by atoms with van der Waals surface area (Å²) in [4.78, 5) is 12.2. The minimum Gasteiger partial charge on any atom is -0.289 e. The Morgan fingerprint density at radius 1 is 1.30 bits per heavy atom. The molecule has 0 aromatic carbocycles. The van der Waals surface area contributed by atoms with E-state index in [2.05, 4.69) is 10.2 Å². The number of aryl methyl sites for hydroxylation is 3. The lowest BCUT2D eigenvalue weighted by Crippen LogP contribution is -2.01. The van der Waals surface area contributed by atoms with E-state index in [1.807, 2.05) is 49.3 Å². The molecule has 2 aromatic heterocycles. The topological polar surface area (TPSA) is 52.7 Å². The third-order valence-corrected chi connectivity index (χ3v) is 3.39. The maximum atomic E-state index is 12.2. The predicted octanol–water partition coefficient (Wildman–Crippen LogP) is 2.63. The Kier molecular flexibility index (Phi) is 4.17. The second-order valence-corrected chi connectivity index (χ2v) is 4.68. The van der Waals surface area contributed by atoms with Crippen molar-refractivity contribution in [3.05, 3.63) is 41.0 Å². The third-order valence-electron chi connectivity index (χ3n) is 3.39. The molecule has 0 radical (unpaired) electrons. The van der Waals surface area contributed by atoms with Gasteiger partial charge in [-0.05, 0) is 39.8 Å². The van der Waals surface area contributed by atoms with Crippen molar-refractivity contribution in [2.75, 3.05) is 0 Å². The fourth-order valence-corrected chi connectivity index (χ4v) is 2.12. The standard InChI is InChI=1S/C15H20N4O/c1-5-18-10-13(11(3)17-18)7-8-15(20)14-9-16-19(6-2)12(14)4/h7-10H,5-6H2,1-4H3/b8-7+. The fourth-order valence-electron chi connectivity index (χ4n) is 2.12. The normalized spacial score (nSPS) is 11.4. The van der Waals surface area contributed by atoms with E-state index in [1.165, 1.54) is 0 Å². The van der Waals surface area contributed by atoms with Crippen LogP contribution in [0.5, 0.6) is 0 Å². The van der Waals surface area contributed by atoms with Crippen molar-refractivity contribution < 1.29 is 4.79 Å². The van der Waals surface area contributed by atoms with Crippen LogP contribution in [0, 0.1) is 13.8 Å². The molecule has 20 heavy (non-hydrogen) atoms. The molecule has 0 aliphatic rings. The van der Waals surface area contributed by atoms with E-state index >= 15 is 0 Å². The van der Waals surface area contributed by atoms with Gasteiger partial charge in [-0.25, -0.2) is 0 Å². The fraction of sp³-hybridized carbons (Fsp3) is 0.400. The van der Waals surface area contributed by atoms with E-state index in [4.69, 9.17) is 0 Å². The Morgan fingerprint density at radius 2 is 2.05 bits per heavy atom. The monoisotopic (exact) mass is 272 g/mol. The molecule has 2 rings (SSSR count). The molecule has 0 N–H and O–H groups in total. The highest BCUT2D eigenvalue weighted by atomic mass is 16.1. The molecule has 0 amide bonds. The number of nitrogens with zero attached hydrogens (tertiary/aromatic N) is 4. The number of allylic oxidation sites excluding steroid dienone is 1. The summed E-state index contributed by atoms with van der Waals surface area (Å²) in [6, 6.07) is 0. The van der Waals surface area contributed by atoms with E-state index < -0.39 is 0 Å². The van der Waals surface area contributed by atoms with Gasteiger partial charge in [0, 0.05) is 30.5 Å². The summed E-state index contributed by atoms with van der Waals surface area (Å²) < 4.78 is 3.68. The van der Waals surface area contributed by atoms with Crippen LogP contribution in [0.3, 0.4) is 0 Å². The van der Waals surface area contributed by atoms with Gasteiger partial charge in [-0.3, -0.25) is 14.2 Å². The SMILES string of the molecule is CCn1cc(/C=C/C(=O)c2cnn(CC)c2C)c(C)n1. The molecule has 0 atom stereocenters. The van der Waals surface area contributed by atoms with E-state index in [1.54, 1.807) is 12.3 Å². The van der Waals surface area contributed by atoms with Gasteiger partial charge in [0.05, 0.1) is 17.5 Å². The summed E-state index contributed by atoms with van der Waals surface area (Å²) >= 11 is 0. The lowest BCUT2D eigenvalue weighted by Gasteiger charge is -1.99. The highest BCUT2D eigenvalue weighted by Gasteiger charge is 2.11. The Bertz CT molecular complexity index is 649. The minimum absolute atomic E-state index is 0.0224. The molecule has 0 aliphatic carbocycles. The van der Waals surface area contributed by atoms with Crippen LogP contribution in [-0.2, 0) is 13.1 Å². The number of aromatic nitrogens is 4. The first-order valence-electron chi connectivity index (χ1n) is 6.85. The van der Waals surface area contributed by atoms with Gasteiger partial charge >= 0.3 is 0 Å². The van der Waals surface area contributed by atoms with Gasteiger partial charge < -0.3 is 0 Å². The quantitative estimate of drug-likeness (QED) is 0.621. The molecule has 106 valence electrons. The smallest absolute Gasteiger partial charge is 0.189 e. The Hall–Kier alpha value is -2.17. The summed E-state index contributed by atoms with van der Waals surface area (Å²) in [6.07, 6.45) is 6.99. The van der Waals surface area contributed by atoms with Crippen molar-refractivity contribution in [3.63, 3.8) is 0 Å². The molecule has 0 saturated carbocycles. The Balaban J connectivity index is 2.20. The summed E-state index contributed by atoms with van der Waals surface area (Å²) in [6.45, 7) is 9.49. The zero-order valence-electron chi connectivity index (χ0n) is 12.4. The average molecular weight is 272 g/mol. The van der Waals surface area contributed by atoms with Gasteiger partial charge in [0.1, 0.15) is 0 Å². The molecule has 0 fully saturated rings. The van der Waals surface area contributed by atoms with Gasteiger partial charge in [-0.1, -0.05) is 0 Å².